The Kier molecular flexibility index (Phi) is 2.68. The summed E-state index contributed by atoms with van der Waals surface area (Å²) in [6.45, 7) is 0. The van der Waals surface area contributed by atoms with Crippen molar-refractivity contribution in [1.82, 2.24) is 5.32 Å². The number of rotatable bonds is 2. The van der Waals surface area contributed by atoms with Gasteiger partial charge in [0.15, 0.2) is 0 Å². The highest BCUT2D eigenvalue weighted by Gasteiger charge is 2.29. The van der Waals surface area contributed by atoms with Crippen LogP contribution >= 0.6 is 0 Å². The van der Waals surface area contributed by atoms with E-state index in [0.717, 1.165) is 12.0 Å². The molecule has 2 N–H and O–H groups in total. The summed E-state index contributed by atoms with van der Waals surface area (Å²) in [5.41, 5.74) is 0.818. The quantitative estimate of drug-likeness (QED) is 0.779. The maximum atomic E-state index is 12.9. The molecule has 1 heterocycles. The average molecular weight is 209 g/mol. The van der Waals surface area contributed by atoms with E-state index in [9.17, 15) is 9.18 Å². The van der Waals surface area contributed by atoms with Crippen LogP contribution in [0.1, 0.15) is 24.4 Å². The minimum Gasteiger partial charge on any atom is -0.480 e. The lowest BCUT2D eigenvalue weighted by molar-refractivity contribution is -0.139. The second-order valence-corrected chi connectivity index (χ2v) is 3.74. The van der Waals surface area contributed by atoms with Gasteiger partial charge in [0.05, 0.1) is 0 Å². The first-order chi connectivity index (χ1) is 7.16. The Labute approximate surface area is 86.9 Å². The number of carboxylic acid groups (broad SMARTS) is 1. The van der Waals surface area contributed by atoms with E-state index < -0.39 is 12.0 Å². The van der Waals surface area contributed by atoms with E-state index in [4.69, 9.17) is 5.11 Å². The Balaban J connectivity index is 2.11. The summed E-state index contributed by atoms with van der Waals surface area (Å²) < 4.78 is 12.9. The molecule has 0 bridgehead atoms. The lowest BCUT2D eigenvalue weighted by atomic mass is 10.1. The summed E-state index contributed by atoms with van der Waals surface area (Å²) >= 11 is 0. The Morgan fingerprint density at radius 3 is 2.87 bits per heavy atom. The first-order valence-corrected chi connectivity index (χ1v) is 4.91. The summed E-state index contributed by atoms with van der Waals surface area (Å²) in [6, 6.07) is 5.74. The molecule has 0 spiro atoms. The molecule has 0 aromatic heterocycles. The van der Waals surface area contributed by atoms with E-state index in [2.05, 4.69) is 5.32 Å². The van der Waals surface area contributed by atoms with Crippen molar-refractivity contribution in [3.8, 4) is 0 Å². The standard InChI is InChI=1S/C11H12FNO2/c12-8-3-1-2-7(6-8)9-4-5-10(13-9)11(14)15/h1-3,6,9-10,13H,4-5H2,(H,14,15)/t9-,10-/m0/s1. The molecule has 15 heavy (non-hydrogen) atoms. The molecule has 2 rings (SSSR count). The van der Waals surface area contributed by atoms with Crippen LogP contribution < -0.4 is 5.32 Å². The van der Waals surface area contributed by atoms with Crippen LogP contribution in [0.5, 0.6) is 0 Å². The second kappa shape index (κ2) is 3.98. The van der Waals surface area contributed by atoms with Crippen LogP contribution in [0.15, 0.2) is 24.3 Å². The maximum absolute atomic E-state index is 12.9. The molecule has 0 saturated carbocycles. The van der Waals surface area contributed by atoms with E-state index in [1.807, 2.05) is 6.07 Å². The molecule has 3 nitrogen and oxygen atoms in total. The first-order valence-electron chi connectivity index (χ1n) is 4.91. The van der Waals surface area contributed by atoms with Crippen molar-refractivity contribution < 1.29 is 14.3 Å². The van der Waals surface area contributed by atoms with Gasteiger partial charge < -0.3 is 5.11 Å². The largest absolute Gasteiger partial charge is 0.480 e. The van der Waals surface area contributed by atoms with Gasteiger partial charge in [0, 0.05) is 6.04 Å². The number of nitrogens with one attached hydrogen (secondary N) is 1. The normalized spacial score (nSPS) is 25.4. The number of benzene rings is 1. The van der Waals surface area contributed by atoms with Crippen LogP contribution in [0.2, 0.25) is 0 Å². The van der Waals surface area contributed by atoms with Crippen molar-refractivity contribution in [3.05, 3.63) is 35.6 Å². The Morgan fingerprint density at radius 2 is 2.27 bits per heavy atom. The van der Waals surface area contributed by atoms with Crippen molar-refractivity contribution in [2.75, 3.05) is 0 Å². The van der Waals surface area contributed by atoms with Crippen LogP contribution in [0.4, 0.5) is 4.39 Å². The van der Waals surface area contributed by atoms with Gasteiger partial charge in [0.2, 0.25) is 0 Å². The predicted octanol–water partition coefficient (Wildman–Crippen LogP) is 1.70. The van der Waals surface area contributed by atoms with Crippen molar-refractivity contribution in [3.63, 3.8) is 0 Å². The van der Waals surface area contributed by atoms with E-state index in [1.54, 1.807) is 6.07 Å². The minimum absolute atomic E-state index is 0.0400. The summed E-state index contributed by atoms with van der Waals surface area (Å²) in [7, 11) is 0. The van der Waals surface area contributed by atoms with Gasteiger partial charge in [-0.1, -0.05) is 12.1 Å². The van der Waals surface area contributed by atoms with E-state index in [0.29, 0.717) is 6.42 Å². The fourth-order valence-electron chi connectivity index (χ4n) is 1.92. The van der Waals surface area contributed by atoms with Crippen molar-refractivity contribution >= 4 is 5.97 Å². The van der Waals surface area contributed by atoms with Gasteiger partial charge in [-0.25, -0.2) is 4.39 Å². The molecule has 1 aromatic carbocycles. The number of hydrogen-bond acceptors (Lipinski definition) is 2. The van der Waals surface area contributed by atoms with Crippen LogP contribution in [0, 0.1) is 5.82 Å². The zero-order valence-electron chi connectivity index (χ0n) is 8.11. The van der Waals surface area contributed by atoms with Crippen LogP contribution in [-0.2, 0) is 4.79 Å². The fourth-order valence-corrected chi connectivity index (χ4v) is 1.92. The van der Waals surface area contributed by atoms with Crippen LogP contribution in [-0.4, -0.2) is 17.1 Å². The zero-order valence-corrected chi connectivity index (χ0v) is 8.11. The van der Waals surface area contributed by atoms with Gasteiger partial charge in [-0.05, 0) is 30.5 Å². The predicted molar refractivity (Wildman–Crippen MR) is 52.9 cm³/mol. The van der Waals surface area contributed by atoms with Gasteiger partial charge in [-0.3, -0.25) is 10.1 Å². The molecule has 1 aliphatic rings. The molecule has 1 fully saturated rings. The van der Waals surface area contributed by atoms with Gasteiger partial charge in [0.25, 0.3) is 0 Å². The Morgan fingerprint density at radius 1 is 1.47 bits per heavy atom. The Hall–Kier alpha value is -1.42. The molecule has 2 atom stereocenters. The number of hydrogen-bond donors (Lipinski definition) is 2. The molecule has 0 unspecified atom stereocenters. The molecule has 1 aromatic rings. The van der Waals surface area contributed by atoms with Crippen molar-refractivity contribution in [1.29, 1.82) is 0 Å². The first kappa shape index (κ1) is 10.1. The van der Waals surface area contributed by atoms with Gasteiger partial charge >= 0.3 is 5.97 Å². The lowest BCUT2D eigenvalue weighted by Gasteiger charge is -2.11. The number of carboxylic acids is 1. The number of aliphatic carboxylic acids is 1. The summed E-state index contributed by atoms with van der Waals surface area (Å²) in [5, 5.41) is 11.8. The molecule has 1 aliphatic heterocycles. The third kappa shape index (κ3) is 2.15. The number of carbonyl (C=O) groups is 1. The summed E-state index contributed by atoms with van der Waals surface area (Å²) in [4.78, 5) is 10.7. The molecule has 0 aliphatic carbocycles. The van der Waals surface area contributed by atoms with Gasteiger partial charge in [-0.15, -0.1) is 0 Å². The summed E-state index contributed by atoms with van der Waals surface area (Å²) in [6.07, 6.45) is 1.33. The van der Waals surface area contributed by atoms with Crippen molar-refractivity contribution in [2.45, 2.75) is 24.9 Å². The third-order valence-electron chi connectivity index (χ3n) is 2.70. The van der Waals surface area contributed by atoms with E-state index >= 15 is 0 Å². The molecule has 4 heteroatoms. The Bertz CT molecular complexity index is 381. The van der Waals surface area contributed by atoms with E-state index in [-0.39, 0.29) is 11.9 Å². The fraction of sp³-hybridized carbons (Fsp3) is 0.364. The van der Waals surface area contributed by atoms with E-state index in [1.165, 1.54) is 12.1 Å². The molecule has 80 valence electrons. The highest BCUT2D eigenvalue weighted by atomic mass is 19.1. The van der Waals surface area contributed by atoms with Crippen LogP contribution in [0.25, 0.3) is 0 Å². The van der Waals surface area contributed by atoms with Crippen LogP contribution in [0.3, 0.4) is 0 Å². The van der Waals surface area contributed by atoms with Gasteiger partial charge in [0.1, 0.15) is 11.9 Å². The summed E-state index contributed by atoms with van der Waals surface area (Å²) in [5.74, 6) is -1.12. The molecule has 0 radical (unpaired) electrons. The molecular weight excluding hydrogens is 197 g/mol. The molecular formula is C11H12FNO2. The topological polar surface area (TPSA) is 49.3 Å². The number of halogens is 1. The highest BCUT2D eigenvalue weighted by molar-refractivity contribution is 5.73. The average Bonchev–Trinajstić information content (AvgIpc) is 2.66. The molecule has 0 amide bonds. The molecule has 1 saturated heterocycles. The SMILES string of the molecule is O=C(O)[C@@H]1CC[C@@H](c2cccc(F)c2)N1. The lowest BCUT2D eigenvalue weighted by Crippen LogP contribution is -2.31. The maximum Gasteiger partial charge on any atom is 0.320 e. The highest BCUT2D eigenvalue weighted by Crippen LogP contribution is 2.26. The smallest absolute Gasteiger partial charge is 0.320 e. The monoisotopic (exact) mass is 209 g/mol. The minimum atomic E-state index is -0.839. The second-order valence-electron chi connectivity index (χ2n) is 3.74. The van der Waals surface area contributed by atoms with Gasteiger partial charge in [-0.2, -0.15) is 0 Å². The van der Waals surface area contributed by atoms with Crippen molar-refractivity contribution in [2.24, 2.45) is 0 Å². The third-order valence-corrected chi connectivity index (χ3v) is 2.70. The zero-order chi connectivity index (χ0) is 10.8.